The molecule has 0 bridgehead atoms. The van der Waals surface area contributed by atoms with E-state index in [0.717, 1.165) is 16.9 Å². The Morgan fingerprint density at radius 1 is 1.32 bits per heavy atom. The van der Waals surface area contributed by atoms with Gasteiger partial charge in [-0.3, -0.25) is 4.79 Å². The van der Waals surface area contributed by atoms with Crippen molar-refractivity contribution in [3.63, 3.8) is 0 Å². The predicted molar refractivity (Wildman–Crippen MR) is 81.9 cm³/mol. The number of piperidine rings is 1. The highest BCUT2D eigenvalue weighted by molar-refractivity contribution is 5.75. The Bertz CT molecular complexity index is 551. The number of aryl methyl sites for hydroxylation is 2. The number of aliphatic carboxylic acids is 1. The van der Waals surface area contributed by atoms with Crippen LogP contribution in [0, 0.1) is 19.8 Å². The third-order valence-electron chi connectivity index (χ3n) is 3.91. The predicted octanol–water partition coefficient (Wildman–Crippen LogP) is 2.15. The number of carbonyl (C=O) groups is 2. The summed E-state index contributed by atoms with van der Waals surface area (Å²) in [4.78, 5) is 24.5. The van der Waals surface area contributed by atoms with Crippen LogP contribution in [0.3, 0.4) is 0 Å². The second-order valence-electron chi connectivity index (χ2n) is 5.64. The van der Waals surface area contributed by atoms with Gasteiger partial charge in [0.1, 0.15) is 5.75 Å². The van der Waals surface area contributed by atoms with Gasteiger partial charge in [-0.25, -0.2) is 4.79 Å². The zero-order valence-corrected chi connectivity index (χ0v) is 13.0. The van der Waals surface area contributed by atoms with Gasteiger partial charge in [0.25, 0.3) is 0 Å². The largest absolute Gasteiger partial charge is 0.481 e. The molecule has 0 atom stereocenters. The molecule has 6 nitrogen and oxygen atoms in total. The molecule has 0 aliphatic carbocycles. The van der Waals surface area contributed by atoms with Crippen LogP contribution in [0.5, 0.6) is 5.75 Å². The lowest BCUT2D eigenvalue weighted by Crippen LogP contribution is -2.46. The molecule has 2 amide bonds. The summed E-state index contributed by atoms with van der Waals surface area (Å²) in [6, 6.07) is 5.65. The Hall–Kier alpha value is -2.24. The Balaban J connectivity index is 1.75. The molecule has 1 aromatic carbocycles. The van der Waals surface area contributed by atoms with Crippen LogP contribution < -0.4 is 10.1 Å². The van der Waals surface area contributed by atoms with Crippen molar-refractivity contribution < 1.29 is 19.4 Å². The molecule has 0 unspecified atom stereocenters. The Kier molecular flexibility index (Phi) is 5.25. The van der Waals surface area contributed by atoms with Crippen LogP contribution in [0.25, 0.3) is 0 Å². The summed E-state index contributed by atoms with van der Waals surface area (Å²) in [6.07, 6.45) is 1.00. The van der Waals surface area contributed by atoms with Crippen molar-refractivity contribution in [2.75, 3.05) is 19.8 Å². The second kappa shape index (κ2) is 7.15. The van der Waals surface area contributed by atoms with Gasteiger partial charge in [0, 0.05) is 13.1 Å². The van der Waals surface area contributed by atoms with E-state index < -0.39 is 5.97 Å². The lowest BCUT2D eigenvalue weighted by Gasteiger charge is -2.30. The lowest BCUT2D eigenvalue weighted by atomic mass is 9.97. The summed E-state index contributed by atoms with van der Waals surface area (Å²) in [5.74, 6) is -0.371. The molecular formula is C16H22N2O4. The summed E-state index contributed by atoms with van der Waals surface area (Å²) in [6.45, 7) is 5.00. The zero-order valence-electron chi connectivity index (χ0n) is 13.0. The fourth-order valence-corrected chi connectivity index (χ4v) is 2.58. The molecule has 1 fully saturated rings. The minimum Gasteiger partial charge on any atom is -0.481 e. The van der Waals surface area contributed by atoms with Crippen molar-refractivity contribution in [3.8, 4) is 5.75 Å². The van der Waals surface area contributed by atoms with Gasteiger partial charge in [-0.2, -0.15) is 0 Å². The van der Waals surface area contributed by atoms with Gasteiger partial charge >= 0.3 is 12.0 Å². The fourth-order valence-electron chi connectivity index (χ4n) is 2.58. The van der Waals surface area contributed by atoms with E-state index in [2.05, 4.69) is 5.32 Å². The van der Waals surface area contributed by atoms with Crippen LogP contribution in [0.15, 0.2) is 18.2 Å². The number of amides is 2. The normalized spacial score (nSPS) is 15.5. The first-order valence-corrected chi connectivity index (χ1v) is 7.43. The van der Waals surface area contributed by atoms with Crippen LogP contribution in [-0.2, 0) is 4.79 Å². The second-order valence-corrected chi connectivity index (χ2v) is 5.64. The summed E-state index contributed by atoms with van der Waals surface area (Å²) in [5.41, 5.74) is 2.19. The number of nitrogens with one attached hydrogen (secondary N) is 1. The summed E-state index contributed by atoms with van der Waals surface area (Å²) in [5, 5.41) is 11.6. The molecule has 1 aliphatic heterocycles. The highest BCUT2D eigenvalue weighted by atomic mass is 16.5. The molecule has 22 heavy (non-hydrogen) atoms. The molecule has 0 radical (unpaired) electrons. The molecule has 120 valence electrons. The maximum absolute atomic E-state index is 12.0. The number of nitrogens with zero attached hydrogens (tertiary/aromatic N) is 1. The van der Waals surface area contributed by atoms with E-state index in [0.29, 0.717) is 25.9 Å². The van der Waals surface area contributed by atoms with Crippen molar-refractivity contribution in [1.82, 2.24) is 10.2 Å². The fraction of sp³-hybridized carbons (Fsp3) is 0.500. The summed E-state index contributed by atoms with van der Waals surface area (Å²) < 4.78 is 5.56. The summed E-state index contributed by atoms with van der Waals surface area (Å²) in [7, 11) is 0. The van der Waals surface area contributed by atoms with E-state index in [9.17, 15) is 9.59 Å². The van der Waals surface area contributed by atoms with E-state index in [1.807, 2.05) is 32.0 Å². The monoisotopic (exact) mass is 306 g/mol. The standard InChI is InChI=1S/C16H22N2O4/c1-11-3-4-14(12(2)9-11)22-10-17-16(21)18-7-5-13(6-8-18)15(19)20/h3-4,9,13H,5-8,10H2,1-2H3,(H,17,21)(H,19,20). The molecule has 1 saturated heterocycles. The minimum atomic E-state index is -0.779. The number of ether oxygens (including phenoxy) is 1. The first kappa shape index (κ1) is 16.1. The van der Waals surface area contributed by atoms with Crippen molar-refractivity contribution in [1.29, 1.82) is 0 Å². The molecule has 2 N–H and O–H groups in total. The van der Waals surface area contributed by atoms with Gasteiger partial charge in [0.15, 0.2) is 6.73 Å². The maximum Gasteiger partial charge on any atom is 0.320 e. The van der Waals surface area contributed by atoms with E-state index in [4.69, 9.17) is 9.84 Å². The number of rotatable bonds is 4. The van der Waals surface area contributed by atoms with Crippen LogP contribution in [-0.4, -0.2) is 41.8 Å². The number of carboxylic acids is 1. The number of carboxylic acid groups (broad SMARTS) is 1. The first-order chi connectivity index (χ1) is 10.5. The third-order valence-corrected chi connectivity index (χ3v) is 3.91. The zero-order chi connectivity index (χ0) is 16.1. The number of carbonyl (C=O) groups excluding carboxylic acids is 1. The summed E-state index contributed by atoms with van der Waals surface area (Å²) >= 11 is 0. The third kappa shape index (κ3) is 4.13. The van der Waals surface area contributed by atoms with Crippen molar-refractivity contribution in [2.24, 2.45) is 5.92 Å². The number of likely N-dealkylation sites (tertiary alicyclic amines) is 1. The van der Waals surface area contributed by atoms with E-state index in [-0.39, 0.29) is 18.7 Å². The average molecular weight is 306 g/mol. The number of benzene rings is 1. The van der Waals surface area contributed by atoms with Crippen LogP contribution >= 0.6 is 0 Å². The number of hydrogen-bond donors (Lipinski definition) is 2. The highest BCUT2D eigenvalue weighted by Gasteiger charge is 2.26. The number of hydrogen-bond acceptors (Lipinski definition) is 3. The topological polar surface area (TPSA) is 78.9 Å². The van der Waals surface area contributed by atoms with E-state index >= 15 is 0 Å². The number of urea groups is 1. The van der Waals surface area contributed by atoms with Gasteiger partial charge in [-0.15, -0.1) is 0 Å². The molecule has 1 aromatic rings. The smallest absolute Gasteiger partial charge is 0.320 e. The highest BCUT2D eigenvalue weighted by Crippen LogP contribution is 2.19. The van der Waals surface area contributed by atoms with Crippen LogP contribution in [0.2, 0.25) is 0 Å². The van der Waals surface area contributed by atoms with Gasteiger partial charge in [0.05, 0.1) is 5.92 Å². The van der Waals surface area contributed by atoms with E-state index in [1.165, 1.54) is 0 Å². The van der Waals surface area contributed by atoms with Crippen molar-refractivity contribution in [3.05, 3.63) is 29.3 Å². The molecule has 0 saturated carbocycles. The Labute approximate surface area is 130 Å². The first-order valence-electron chi connectivity index (χ1n) is 7.43. The average Bonchev–Trinajstić information content (AvgIpc) is 2.49. The Morgan fingerprint density at radius 2 is 2.00 bits per heavy atom. The molecule has 1 heterocycles. The SMILES string of the molecule is Cc1ccc(OCNC(=O)N2CCC(C(=O)O)CC2)c(C)c1. The Morgan fingerprint density at radius 3 is 2.59 bits per heavy atom. The molecule has 1 aliphatic rings. The van der Waals surface area contributed by atoms with Gasteiger partial charge < -0.3 is 20.1 Å². The van der Waals surface area contributed by atoms with Crippen molar-refractivity contribution >= 4 is 12.0 Å². The quantitative estimate of drug-likeness (QED) is 0.835. The molecule has 0 spiro atoms. The molecular weight excluding hydrogens is 284 g/mol. The lowest BCUT2D eigenvalue weighted by molar-refractivity contribution is -0.143. The minimum absolute atomic E-state index is 0.0988. The van der Waals surface area contributed by atoms with Crippen LogP contribution in [0.4, 0.5) is 4.79 Å². The molecule has 2 rings (SSSR count). The van der Waals surface area contributed by atoms with Gasteiger partial charge in [-0.1, -0.05) is 17.7 Å². The maximum atomic E-state index is 12.0. The molecule has 6 heteroatoms. The van der Waals surface area contributed by atoms with Crippen LogP contribution in [0.1, 0.15) is 24.0 Å². The molecule has 0 aromatic heterocycles. The van der Waals surface area contributed by atoms with Gasteiger partial charge in [0.2, 0.25) is 0 Å². The van der Waals surface area contributed by atoms with E-state index in [1.54, 1.807) is 4.90 Å². The van der Waals surface area contributed by atoms with Gasteiger partial charge in [-0.05, 0) is 38.3 Å². The van der Waals surface area contributed by atoms with Crippen molar-refractivity contribution in [2.45, 2.75) is 26.7 Å².